The highest BCUT2D eigenvalue weighted by Crippen LogP contribution is 2.27. The zero-order valence-corrected chi connectivity index (χ0v) is 12.5. The highest BCUT2D eigenvalue weighted by atomic mass is 32.2. The molecule has 2 rings (SSSR count). The predicted octanol–water partition coefficient (Wildman–Crippen LogP) is 0.917. The van der Waals surface area contributed by atoms with Gasteiger partial charge in [0, 0.05) is 6.54 Å². The molecule has 1 aromatic carbocycles. The Morgan fingerprint density at radius 2 is 1.95 bits per heavy atom. The Kier molecular flexibility index (Phi) is 4.31. The second-order valence-corrected chi connectivity index (χ2v) is 6.74. The third kappa shape index (κ3) is 2.92. The molecule has 0 aromatic heterocycles. The van der Waals surface area contributed by atoms with E-state index >= 15 is 0 Å². The second kappa shape index (κ2) is 5.70. The molecule has 1 unspecified atom stereocenters. The Hall–Kier alpha value is -1.51. The van der Waals surface area contributed by atoms with E-state index in [0.717, 1.165) is 16.4 Å². The molecule has 0 bridgehead atoms. The highest BCUT2D eigenvalue weighted by molar-refractivity contribution is 7.89. The van der Waals surface area contributed by atoms with Crippen LogP contribution >= 0.6 is 0 Å². The third-order valence-corrected chi connectivity index (χ3v) is 5.57. The summed E-state index contributed by atoms with van der Waals surface area (Å²) in [6.45, 7) is 2.85. The van der Waals surface area contributed by atoms with Gasteiger partial charge in [-0.25, -0.2) is 12.8 Å². The number of morpholine rings is 1. The van der Waals surface area contributed by atoms with E-state index in [1.807, 2.05) is 0 Å². The summed E-state index contributed by atoms with van der Waals surface area (Å²) in [5.41, 5.74) is 0.506. The average Bonchev–Trinajstić information content (AvgIpc) is 2.37. The van der Waals surface area contributed by atoms with Gasteiger partial charge in [0.15, 0.2) is 0 Å². The van der Waals surface area contributed by atoms with E-state index in [-0.39, 0.29) is 35.8 Å². The number of carboxylic acid groups (broad SMARTS) is 1. The summed E-state index contributed by atoms with van der Waals surface area (Å²) in [5, 5.41) is 9.16. The van der Waals surface area contributed by atoms with E-state index in [9.17, 15) is 17.6 Å². The first-order chi connectivity index (χ1) is 9.75. The van der Waals surface area contributed by atoms with Crippen LogP contribution in [0.2, 0.25) is 0 Å². The number of hydrogen-bond acceptors (Lipinski definition) is 4. The molecule has 0 radical (unpaired) electrons. The molecule has 0 spiro atoms. The van der Waals surface area contributed by atoms with Crippen LogP contribution in [-0.4, -0.2) is 49.6 Å². The van der Waals surface area contributed by atoms with Gasteiger partial charge < -0.3 is 9.84 Å². The zero-order chi connectivity index (χ0) is 15.8. The summed E-state index contributed by atoms with van der Waals surface area (Å²) in [4.78, 5) is 11.2. The van der Waals surface area contributed by atoms with Gasteiger partial charge in [0.25, 0.3) is 0 Å². The normalized spacial score (nSPS) is 20.4. The van der Waals surface area contributed by atoms with Crippen molar-refractivity contribution in [2.45, 2.75) is 24.8 Å². The van der Waals surface area contributed by atoms with Crippen molar-refractivity contribution in [1.82, 2.24) is 4.31 Å². The van der Waals surface area contributed by atoms with Crippen LogP contribution < -0.4 is 0 Å². The van der Waals surface area contributed by atoms with Crippen LogP contribution in [0.5, 0.6) is 0 Å². The van der Waals surface area contributed by atoms with Gasteiger partial charge in [-0.1, -0.05) is 0 Å². The van der Waals surface area contributed by atoms with E-state index in [0.29, 0.717) is 0 Å². The molecular formula is C13H16FNO5S. The monoisotopic (exact) mass is 317 g/mol. The maximum atomic E-state index is 13.3. The minimum atomic E-state index is -4.03. The first kappa shape index (κ1) is 15.9. The molecule has 0 aliphatic carbocycles. The lowest BCUT2D eigenvalue weighted by molar-refractivity contribution is -0.146. The average molecular weight is 317 g/mol. The van der Waals surface area contributed by atoms with E-state index in [4.69, 9.17) is 9.84 Å². The molecule has 6 nitrogen and oxygen atoms in total. The summed E-state index contributed by atoms with van der Waals surface area (Å²) in [5.74, 6) is -1.79. The van der Waals surface area contributed by atoms with Crippen LogP contribution in [0.25, 0.3) is 0 Å². The maximum absolute atomic E-state index is 13.3. The van der Waals surface area contributed by atoms with Crippen LogP contribution in [0.3, 0.4) is 0 Å². The number of carbonyl (C=O) groups is 1. The minimum Gasteiger partial charge on any atom is -0.480 e. The Balaban J connectivity index is 2.53. The van der Waals surface area contributed by atoms with Gasteiger partial charge in [-0.2, -0.15) is 4.31 Å². The molecule has 0 saturated carbocycles. The summed E-state index contributed by atoms with van der Waals surface area (Å²) in [7, 11) is -4.03. The number of nitrogens with zero attached hydrogens (tertiary/aromatic N) is 1. The van der Waals surface area contributed by atoms with Crippen molar-refractivity contribution in [2.24, 2.45) is 0 Å². The van der Waals surface area contributed by atoms with E-state index < -0.39 is 27.9 Å². The van der Waals surface area contributed by atoms with Gasteiger partial charge in [0.05, 0.1) is 18.1 Å². The summed E-state index contributed by atoms with van der Waals surface area (Å²) in [6, 6.07) is 0.972. The number of hydrogen-bond donors (Lipinski definition) is 1. The smallest absolute Gasteiger partial charge is 0.324 e. The number of aryl methyl sites for hydroxylation is 2. The number of benzene rings is 1. The van der Waals surface area contributed by atoms with Crippen molar-refractivity contribution in [1.29, 1.82) is 0 Å². The topological polar surface area (TPSA) is 83.9 Å². The zero-order valence-electron chi connectivity index (χ0n) is 11.7. The molecule has 1 aliphatic heterocycles. The summed E-state index contributed by atoms with van der Waals surface area (Å²) >= 11 is 0. The molecule has 0 amide bonds. The van der Waals surface area contributed by atoms with Crippen molar-refractivity contribution in [3.05, 3.63) is 29.1 Å². The van der Waals surface area contributed by atoms with E-state index in [1.54, 1.807) is 0 Å². The number of rotatable bonds is 3. The first-order valence-electron chi connectivity index (χ1n) is 6.34. The van der Waals surface area contributed by atoms with Crippen molar-refractivity contribution >= 4 is 16.0 Å². The molecule has 1 atom stereocenters. The van der Waals surface area contributed by atoms with Gasteiger partial charge in [-0.05, 0) is 37.1 Å². The number of halogens is 1. The maximum Gasteiger partial charge on any atom is 0.324 e. The lowest BCUT2D eigenvalue weighted by atomic mass is 10.1. The molecule has 116 valence electrons. The number of sulfonamides is 1. The number of ether oxygens (including phenoxy) is 1. The summed E-state index contributed by atoms with van der Waals surface area (Å²) in [6.07, 6.45) is 0. The lowest BCUT2D eigenvalue weighted by Crippen LogP contribution is -2.52. The van der Waals surface area contributed by atoms with Crippen LogP contribution in [-0.2, 0) is 19.6 Å². The Morgan fingerprint density at radius 1 is 1.38 bits per heavy atom. The van der Waals surface area contributed by atoms with Gasteiger partial charge in [-0.3, -0.25) is 4.79 Å². The van der Waals surface area contributed by atoms with Crippen molar-refractivity contribution < 1.29 is 27.4 Å². The lowest BCUT2D eigenvalue weighted by Gasteiger charge is -2.32. The molecule has 1 fully saturated rings. The minimum absolute atomic E-state index is 0.0444. The van der Waals surface area contributed by atoms with Crippen LogP contribution in [0.4, 0.5) is 4.39 Å². The number of aliphatic carboxylic acids is 1. The Morgan fingerprint density at radius 3 is 2.48 bits per heavy atom. The van der Waals surface area contributed by atoms with Gasteiger partial charge in [0.1, 0.15) is 11.9 Å². The van der Waals surface area contributed by atoms with Gasteiger partial charge in [-0.15, -0.1) is 0 Å². The fraction of sp³-hybridized carbons (Fsp3) is 0.462. The van der Waals surface area contributed by atoms with Crippen LogP contribution in [0.1, 0.15) is 11.1 Å². The standard InChI is InChI=1S/C13H16FNO5S/c1-8-5-10(14)6-9(2)12(8)21(18,19)15-3-4-20-7-11(15)13(16)17/h5-6,11H,3-4,7H2,1-2H3,(H,16,17). The summed E-state index contributed by atoms with van der Waals surface area (Å²) < 4.78 is 44.7. The molecule has 1 heterocycles. The van der Waals surface area contributed by atoms with Crippen molar-refractivity contribution in [3.8, 4) is 0 Å². The fourth-order valence-corrected chi connectivity index (χ4v) is 4.46. The molecule has 1 N–H and O–H groups in total. The quantitative estimate of drug-likeness (QED) is 0.896. The fourth-order valence-electron chi connectivity index (χ4n) is 2.49. The number of carboxylic acids is 1. The van der Waals surface area contributed by atoms with Crippen LogP contribution in [0.15, 0.2) is 17.0 Å². The molecule has 1 aliphatic rings. The molecule has 1 aromatic rings. The third-order valence-electron chi connectivity index (χ3n) is 3.36. The van der Waals surface area contributed by atoms with E-state index in [2.05, 4.69) is 0 Å². The largest absolute Gasteiger partial charge is 0.480 e. The molecule has 1 saturated heterocycles. The first-order valence-corrected chi connectivity index (χ1v) is 7.78. The Bertz CT molecular complexity index is 650. The van der Waals surface area contributed by atoms with Gasteiger partial charge >= 0.3 is 5.97 Å². The van der Waals surface area contributed by atoms with Gasteiger partial charge in [0.2, 0.25) is 10.0 Å². The molecule has 8 heteroatoms. The SMILES string of the molecule is Cc1cc(F)cc(C)c1S(=O)(=O)N1CCOCC1C(=O)O. The molecular weight excluding hydrogens is 301 g/mol. The highest BCUT2D eigenvalue weighted by Gasteiger charge is 2.39. The Labute approximate surface area is 122 Å². The van der Waals surface area contributed by atoms with Crippen LogP contribution in [0, 0.1) is 19.7 Å². The molecule has 21 heavy (non-hydrogen) atoms. The van der Waals surface area contributed by atoms with Crippen molar-refractivity contribution in [3.63, 3.8) is 0 Å². The predicted molar refractivity (Wildman–Crippen MR) is 72.0 cm³/mol. The second-order valence-electron chi connectivity index (χ2n) is 4.91. The van der Waals surface area contributed by atoms with E-state index in [1.165, 1.54) is 13.8 Å². The van der Waals surface area contributed by atoms with Crippen molar-refractivity contribution in [2.75, 3.05) is 19.8 Å².